The quantitative estimate of drug-likeness (QED) is 0.904. The third kappa shape index (κ3) is 3.44. The van der Waals surface area contributed by atoms with E-state index in [4.69, 9.17) is 5.73 Å². The van der Waals surface area contributed by atoms with Crippen molar-refractivity contribution >= 4 is 0 Å². The smallest absolute Gasteiger partial charge is 0.128 e. The first-order chi connectivity index (χ1) is 9.59. The van der Waals surface area contributed by atoms with E-state index in [1.54, 1.807) is 6.07 Å². The molecule has 2 aromatic rings. The van der Waals surface area contributed by atoms with Crippen molar-refractivity contribution in [3.8, 4) is 0 Å². The maximum Gasteiger partial charge on any atom is 0.128 e. The molecule has 0 spiro atoms. The van der Waals surface area contributed by atoms with E-state index in [-0.39, 0.29) is 17.9 Å². The van der Waals surface area contributed by atoms with Gasteiger partial charge in [-0.2, -0.15) is 0 Å². The summed E-state index contributed by atoms with van der Waals surface area (Å²) in [5.41, 5.74) is 7.93. The van der Waals surface area contributed by atoms with Crippen molar-refractivity contribution in [1.82, 2.24) is 4.90 Å². The second-order valence-electron chi connectivity index (χ2n) is 5.23. The summed E-state index contributed by atoms with van der Waals surface area (Å²) in [6, 6.07) is 16.7. The van der Waals surface area contributed by atoms with Crippen molar-refractivity contribution < 1.29 is 4.39 Å². The molecule has 0 saturated carbocycles. The number of rotatable bonds is 5. The van der Waals surface area contributed by atoms with Crippen molar-refractivity contribution in [3.05, 3.63) is 71.5 Å². The highest BCUT2D eigenvalue weighted by Gasteiger charge is 2.23. The highest BCUT2D eigenvalue weighted by atomic mass is 19.1. The molecule has 0 aliphatic rings. The summed E-state index contributed by atoms with van der Waals surface area (Å²) in [5, 5.41) is 0. The number of hydrogen-bond acceptors (Lipinski definition) is 2. The molecule has 3 heteroatoms. The topological polar surface area (TPSA) is 29.3 Å². The van der Waals surface area contributed by atoms with Gasteiger partial charge in [0.05, 0.1) is 6.04 Å². The molecule has 106 valence electrons. The molecule has 2 nitrogen and oxygen atoms in total. The third-order valence-electron chi connectivity index (χ3n) is 3.47. The zero-order valence-corrected chi connectivity index (χ0v) is 12.0. The molecular formula is C17H21FN2. The van der Waals surface area contributed by atoms with Crippen molar-refractivity contribution in [3.63, 3.8) is 0 Å². The van der Waals surface area contributed by atoms with Crippen LogP contribution in [0.15, 0.2) is 54.6 Å². The van der Waals surface area contributed by atoms with Crippen LogP contribution in [0, 0.1) is 5.82 Å². The Kier molecular flexibility index (Phi) is 4.88. The minimum atomic E-state index is -0.199. The highest BCUT2D eigenvalue weighted by molar-refractivity contribution is 5.23. The molecule has 0 fully saturated rings. The molecule has 20 heavy (non-hydrogen) atoms. The fraction of sp³-hybridized carbons (Fsp3) is 0.294. The first kappa shape index (κ1) is 14.7. The van der Waals surface area contributed by atoms with Gasteiger partial charge in [0, 0.05) is 18.2 Å². The van der Waals surface area contributed by atoms with Gasteiger partial charge in [-0.05, 0) is 25.6 Å². The molecule has 2 N–H and O–H groups in total. The molecule has 0 bridgehead atoms. The van der Waals surface area contributed by atoms with Gasteiger partial charge in [-0.3, -0.25) is 4.90 Å². The molecule has 0 radical (unpaired) electrons. The van der Waals surface area contributed by atoms with Crippen LogP contribution in [-0.2, 0) is 6.54 Å². The molecule has 0 aliphatic heterocycles. The van der Waals surface area contributed by atoms with E-state index in [1.165, 1.54) is 11.6 Å². The minimum absolute atomic E-state index is 0.142. The molecule has 0 amide bonds. The van der Waals surface area contributed by atoms with E-state index < -0.39 is 0 Å². The Balaban J connectivity index is 2.23. The van der Waals surface area contributed by atoms with Crippen LogP contribution in [0.2, 0.25) is 0 Å². The average molecular weight is 272 g/mol. The monoisotopic (exact) mass is 272 g/mol. The third-order valence-corrected chi connectivity index (χ3v) is 3.47. The fourth-order valence-electron chi connectivity index (χ4n) is 2.61. The second-order valence-corrected chi connectivity index (χ2v) is 5.23. The van der Waals surface area contributed by atoms with Crippen molar-refractivity contribution in [2.75, 3.05) is 7.05 Å². The Labute approximate surface area is 120 Å². The van der Waals surface area contributed by atoms with Crippen molar-refractivity contribution in [2.45, 2.75) is 25.6 Å². The summed E-state index contributed by atoms with van der Waals surface area (Å²) in [5.74, 6) is -0.199. The molecule has 0 saturated heterocycles. The molecule has 0 aliphatic carbocycles. The maximum absolute atomic E-state index is 14.0. The van der Waals surface area contributed by atoms with E-state index in [1.807, 2.05) is 44.3 Å². The molecule has 0 heterocycles. The summed E-state index contributed by atoms with van der Waals surface area (Å²) in [6.07, 6.45) is 0. The first-order valence-electron chi connectivity index (χ1n) is 6.83. The van der Waals surface area contributed by atoms with Gasteiger partial charge in [0.2, 0.25) is 0 Å². The fourth-order valence-corrected chi connectivity index (χ4v) is 2.61. The lowest BCUT2D eigenvalue weighted by molar-refractivity contribution is 0.206. The van der Waals surface area contributed by atoms with Crippen LogP contribution >= 0.6 is 0 Å². The summed E-state index contributed by atoms with van der Waals surface area (Å²) >= 11 is 0. The molecule has 2 aromatic carbocycles. The van der Waals surface area contributed by atoms with Crippen LogP contribution in [0.4, 0.5) is 4.39 Å². The van der Waals surface area contributed by atoms with Gasteiger partial charge in [-0.15, -0.1) is 0 Å². The minimum Gasteiger partial charge on any atom is -0.326 e. The number of likely N-dealkylation sites (N-methyl/N-ethyl adjacent to an activating group) is 1. The Hall–Kier alpha value is -1.71. The summed E-state index contributed by atoms with van der Waals surface area (Å²) in [4.78, 5) is 2.10. The summed E-state index contributed by atoms with van der Waals surface area (Å²) in [6.45, 7) is 2.65. The Morgan fingerprint density at radius 3 is 2.25 bits per heavy atom. The van der Waals surface area contributed by atoms with Crippen LogP contribution < -0.4 is 5.73 Å². The maximum atomic E-state index is 14.0. The molecule has 2 atom stereocenters. The highest BCUT2D eigenvalue weighted by Crippen LogP contribution is 2.26. The zero-order chi connectivity index (χ0) is 14.5. The lowest BCUT2D eigenvalue weighted by atomic mass is 9.98. The Morgan fingerprint density at radius 2 is 1.65 bits per heavy atom. The number of hydrogen-bond donors (Lipinski definition) is 1. The number of halogens is 1. The standard InChI is InChI=1S/C17H21FN2/c1-13(19)17(15-10-6-7-11-16(15)18)20(2)12-14-8-4-3-5-9-14/h3-11,13,17H,12,19H2,1-2H3. The van der Waals surface area contributed by atoms with Crippen LogP contribution in [0.1, 0.15) is 24.1 Å². The molecular weight excluding hydrogens is 251 g/mol. The van der Waals surface area contributed by atoms with Gasteiger partial charge >= 0.3 is 0 Å². The van der Waals surface area contributed by atoms with Crippen molar-refractivity contribution in [1.29, 1.82) is 0 Å². The number of nitrogens with zero attached hydrogens (tertiary/aromatic N) is 1. The van der Waals surface area contributed by atoms with Crippen LogP contribution in [0.3, 0.4) is 0 Å². The van der Waals surface area contributed by atoms with E-state index >= 15 is 0 Å². The predicted molar refractivity (Wildman–Crippen MR) is 80.7 cm³/mol. The summed E-state index contributed by atoms with van der Waals surface area (Å²) < 4.78 is 14.0. The van der Waals surface area contributed by atoms with E-state index in [9.17, 15) is 4.39 Å². The predicted octanol–water partition coefficient (Wildman–Crippen LogP) is 3.35. The van der Waals surface area contributed by atoms with E-state index in [2.05, 4.69) is 17.0 Å². The SMILES string of the molecule is CC(N)C(c1ccccc1F)N(C)Cc1ccccc1. The average Bonchev–Trinajstić information content (AvgIpc) is 2.42. The van der Waals surface area contributed by atoms with Crippen LogP contribution in [0.5, 0.6) is 0 Å². The van der Waals surface area contributed by atoms with Crippen LogP contribution in [0.25, 0.3) is 0 Å². The Bertz CT molecular complexity index is 540. The summed E-state index contributed by atoms with van der Waals surface area (Å²) in [7, 11) is 1.98. The van der Waals surface area contributed by atoms with Gasteiger partial charge in [0.1, 0.15) is 5.82 Å². The second kappa shape index (κ2) is 6.64. The first-order valence-corrected chi connectivity index (χ1v) is 6.83. The number of benzene rings is 2. The Morgan fingerprint density at radius 1 is 1.05 bits per heavy atom. The van der Waals surface area contributed by atoms with Gasteiger partial charge in [-0.1, -0.05) is 48.5 Å². The largest absolute Gasteiger partial charge is 0.326 e. The van der Waals surface area contributed by atoms with Crippen LogP contribution in [-0.4, -0.2) is 18.0 Å². The lowest BCUT2D eigenvalue weighted by Gasteiger charge is -2.31. The molecule has 2 unspecified atom stereocenters. The normalized spacial score (nSPS) is 14.2. The number of nitrogens with two attached hydrogens (primary N) is 1. The van der Waals surface area contributed by atoms with E-state index in [0.29, 0.717) is 5.56 Å². The van der Waals surface area contributed by atoms with E-state index in [0.717, 1.165) is 6.54 Å². The van der Waals surface area contributed by atoms with Gasteiger partial charge < -0.3 is 5.73 Å². The molecule has 0 aromatic heterocycles. The van der Waals surface area contributed by atoms with Gasteiger partial charge in [-0.25, -0.2) is 4.39 Å². The lowest BCUT2D eigenvalue weighted by Crippen LogP contribution is -2.37. The van der Waals surface area contributed by atoms with Gasteiger partial charge in [0.15, 0.2) is 0 Å². The molecule has 2 rings (SSSR count). The van der Waals surface area contributed by atoms with Crippen molar-refractivity contribution in [2.24, 2.45) is 5.73 Å². The zero-order valence-electron chi connectivity index (χ0n) is 12.0. The van der Waals surface area contributed by atoms with Gasteiger partial charge in [0.25, 0.3) is 0 Å².